The Labute approximate surface area is 254 Å². The van der Waals surface area contributed by atoms with Crippen LogP contribution in [-0.2, 0) is 30.2 Å². The lowest BCUT2D eigenvalue weighted by Crippen LogP contribution is -2.83. The van der Waals surface area contributed by atoms with Crippen LogP contribution in [0.2, 0.25) is 0 Å². The largest absolute Gasteiger partial charge is 0.466 e. The second-order valence-electron chi connectivity index (χ2n) is 14.3. The van der Waals surface area contributed by atoms with Crippen LogP contribution in [0.15, 0.2) is 24.3 Å². The number of aliphatic hydroxyl groups is 2. The molecule has 43 heavy (non-hydrogen) atoms. The Morgan fingerprint density at radius 1 is 1.07 bits per heavy atom. The quantitative estimate of drug-likeness (QED) is 0.437. The molecule has 9 heteroatoms. The Hall–Kier alpha value is -2.04. The van der Waals surface area contributed by atoms with E-state index in [1.54, 1.807) is 39.3 Å². The SMILES string of the molecule is CCOC(=O)Cc1ccccc1C(=O)O[C@@]12CC[C@H](OC)C34C1CC([C@H]3N(CC)C2)[C@@]1(O)C[C@H](C)[C@H]2CC4[C@]1(O)[C@H]2OC. The average Bonchev–Trinajstić information content (AvgIpc) is 3.41. The first kappa shape index (κ1) is 29.7. The van der Waals surface area contributed by atoms with Crippen molar-refractivity contribution in [2.75, 3.05) is 33.9 Å². The summed E-state index contributed by atoms with van der Waals surface area (Å²) in [6, 6.07) is 7.12. The highest BCUT2D eigenvalue weighted by atomic mass is 16.6. The molecule has 4 unspecified atom stereocenters. The summed E-state index contributed by atoms with van der Waals surface area (Å²) in [5, 5.41) is 25.7. The fourth-order valence-electron chi connectivity index (χ4n) is 12.0. The van der Waals surface area contributed by atoms with Crippen LogP contribution in [0.25, 0.3) is 0 Å². The first-order valence-electron chi connectivity index (χ1n) is 16.3. The smallest absolute Gasteiger partial charge is 0.339 e. The minimum absolute atomic E-state index is 0.00339. The molecule has 1 spiro atoms. The van der Waals surface area contributed by atoms with Gasteiger partial charge in [-0.1, -0.05) is 32.0 Å². The lowest BCUT2D eigenvalue weighted by atomic mass is 9.43. The van der Waals surface area contributed by atoms with Crippen molar-refractivity contribution in [2.24, 2.45) is 35.0 Å². The van der Waals surface area contributed by atoms with Gasteiger partial charge in [0.25, 0.3) is 0 Å². The molecule has 7 rings (SSSR count). The average molecular weight is 598 g/mol. The van der Waals surface area contributed by atoms with Gasteiger partial charge < -0.3 is 29.2 Å². The van der Waals surface area contributed by atoms with E-state index in [9.17, 15) is 19.8 Å². The number of likely N-dealkylation sites (tertiary alicyclic amines) is 1. The molecule has 5 aliphatic carbocycles. The predicted molar refractivity (Wildman–Crippen MR) is 156 cm³/mol. The van der Waals surface area contributed by atoms with E-state index >= 15 is 0 Å². The van der Waals surface area contributed by atoms with Crippen LogP contribution < -0.4 is 0 Å². The van der Waals surface area contributed by atoms with Crippen molar-refractivity contribution >= 4 is 11.9 Å². The summed E-state index contributed by atoms with van der Waals surface area (Å²) in [5.41, 5.74) is -3.07. The van der Waals surface area contributed by atoms with Gasteiger partial charge in [0.15, 0.2) is 0 Å². The number of ether oxygens (including phenoxy) is 4. The van der Waals surface area contributed by atoms with E-state index in [0.717, 1.165) is 13.0 Å². The van der Waals surface area contributed by atoms with Crippen molar-refractivity contribution in [3.05, 3.63) is 35.4 Å². The van der Waals surface area contributed by atoms with Crippen LogP contribution in [0.1, 0.15) is 68.8 Å². The fourth-order valence-corrected chi connectivity index (χ4v) is 12.0. The molecule has 1 aromatic carbocycles. The molecule has 5 saturated carbocycles. The van der Waals surface area contributed by atoms with Gasteiger partial charge in [0.2, 0.25) is 0 Å². The van der Waals surface area contributed by atoms with Gasteiger partial charge in [-0.15, -0.1) is 0 Å². The maximum Gasteiger partial charge on any atom is 0.339 e. The van der Waals surface area contributed by atoms with Crippen molar-refractivity contribution in [3.8, 4) is 0 Å². The summed E-state index contributed by atoms with van der Waals surface area (Å²) in [4.78, 5) is 29.0. The fraction of sp³-hybridized carbons (Fsp3) is 0.765. The van der Waals surface area contributed by atoms with Gasteiger partial charge >= 0.3 is 11.9 Å². The molecular weight excluding hydrogens is 550 g/mol. The Balaban J connectivity index is 1.34. The number of benzene rings is 1. The minimum Gasteiger partial charge on any atom is -0.466 e. The highest BCUT2D eigenvalue weighted by molar-refractivity contribution is 5.93. The summed E-state index contributed by atoms with van der Waals surface area (Å²) >= 11 is 0. The highest BCUT2D eigenvalue weighted by Gasteiger charge is 2.88. The Morgan fingerprint density at radius 2 is 1.84 bits per heavy atom. The van der Waals surface area contributed by atoms with E-state index in [1.807, 2.05) is 6.07 Å². The van der Waals surface area contributed by atoms with E-state index in [-0.39, 0.29) is 60.7 Å². The summed E-state index contributed by atoms with van der Waals surface area (Å²) in [5.74, 6) is -1.02. The van der Waals surface area contributed by atoms with Crippen LogP contribution in [0.5, 0.6) is 0 Å². The molecule has 0 radical (unpaired) electrons. The second-order valence-corrected chi connectivity index (χ2v) is 14.3. The first-order valence-corrected chi connectivity index (χ1v) is 16.3. The summed E-state index contributed by atoms with van der Waals surface area (Å²) < 4.78 is 24.4. The van der Waals surface area contributed by atoms with Crippen molar-refractivity contribution < 1.29 is 38.7 Å². The van der Waals surface area contributed by atoms with E-state index < -0.39 is 34.3 Å². The van der Waals surface area contributed by atoms with Gasteiger partial charge in [0.05, 0.1) is 30.8 Å². The maximum absolute atomic E-state index is 14.2. The van der Waals surface area contributed by atoms with Crippen LogP contribution in [0.3, 0.4) is 0 Å². The number of esters is 2. The number of carbonyl (C=O) groups excluding carboxylic acids is 2. The molecule has 0 amide bonds. The van der Waals surface area contributed by atoms with Gasteiger partial charge in [-0.3, -0.25) is 9.69 Å². The molecule has 1 saturated heterocycles. The van der Waals surface area contributed by atoms with Crippen molar-refractivity contribution in [2.45, 2.75) is 94.3 Å². The third-order valence-electron chi connectivity index (χ3n) is 13.1. The molecule has 12 atom stereocenters. The Bertz CT molecular complexity index is 1300. The number of nitrogens with zero attached hydrogens (tertiary/aromatic N) is 1. The molecule has 6 fully saturated rings. The standard InChI is InChI=1S/C34H47NO8/c1-6-35-18-31(43-30(37)21-11-9-8-10-20(21)14-27(36)42-7-2)13-12-26(40-4)33-24(31)16-23(28(33)35)32(38)17-19(3)22-15-25(33)34(32,39)29(22)41-5/h8-11,19,22-26,28-29,38-39H,6-7,12-18H2,1-5H3/t19-,22+,23?,24?,25?,26-,28+,29-,31+,32-,33?,34-/m0/s1. The topological polar surface area (TPSA) is 115 Å². The van der Waals surface area contributed by atoms with E-state index in [4.69, 9.17) is 18.9 Å². The third-order valence-corrected chi connectivity index (χ3v) is 13.1. The monoisotopic (exact) mass is 597 g/mol. The predicted octanol–water partition coefficient (Wildman–Crippen LogP) is 2.99. The van der Waals surface area contributed by atoms with Crippen LogP contribution in [0, 0.1) is 35.0 Å². The Morgan fingerprint density at radius 3 is 2.53 bits per heavy atom. The zero-order valence-electron chi connectivity index (χ0n) is 26.1. The summed E-state index contributed by atoms with van der Waals surface area (Å²) in [6.45, 7) is 7.68. The van der Waals surface area contributed by atoms with Gasteiger partial charge in [-0.2, -0.15) is 0 Å². The van der Waals surface area contributed by atoms with E-state index in [2.05, 4.69) is 18.7 Å². The molecule has 1 aliphatic heterocycles. The maximum atomic E-state index is 14.2. The molecule has 1 aromatic rings. The number of carbonyl (C=O) groups is 2. The van der Waals surface area contributed by atoms with Crippen LogP contribution in [0.4, 0.5) is 0 Å². The molecule has 6 aliphatic rings. The first-order chi connectivity index (χ1) is 20.6. The van der Waals surface area contributed by atoms with Gasteiger partial charge in [-0.05, 0) is 69.0 Å². The molecule has 7 bridgehead atoms. The van der Waals surface area contributed by atoms with Crippen molar-refractivity contribution in [1.82, 2.24) is 4.90 Å². The number of methoxy groups -OCH3 is 2. The summed E-state index contributed by atoms with van der Waals surface area (Å²) in [7, 11) is 3.43. The molecule has 0 aromatic heterocycles. The highest BCUT2D eigenvalue weighted by Crippen LogP contribution is 2.79. The number of fused-ring (bicyclic) bond motifs is 2. The second kappa shape index (κ2) is 9.98. The number of likely N-dealkylation sites (N-methyl/N-ethyl adjacent to an activating group) is 1. The third kappa shape index (κ3) is 3.52. The van der Waals surface area contributed by atoms with Crippen LogP contribution in [-0.4, -0.2) is 96.0 Å². The normalized spacial score (nSPS) is 47.3. The van der Waals surface area contributed by atoms with Gasteiger partial charge in [-0.25, -0.2) is 4.79 Å². The van der Waals surface area contributed by atoms with E-state index in [1.165, 1.54) is 0 Å². The molecule has 236 valence electrons. The zero-order chi connectivity index (χ0) is 30.5. The minimum atomic E-state index is -1.40. The molecule has 9 nitrogen and oxygen atoms in total. The number of hydrogen-bond acceptors (Lipinski definition) is 9. The van der Waals surface area contributed by atoms with Crippen molar-refractivity contribution in [3.63, 3.8) is 0 Å². The van der Waals surface area contributed by atoms with Crippen molar-refractivity contribution in [1.29, 1.82) is 0 Å². The molecule has 1 heterocycles. The number of piperidine rings is 1. The molecule has 2 N–H and O–H groups in total. The number of hydrogen-bond donors (Lipinski definition) is 2. The van der Waals surface area contributed by atoms with Crippen LogP contribution >= 0.6 is 0 Å². The lowest BCUT2D eigenvalue weighted by Gasteiger charge is -2.70. The summed E-state index contributed by atoms with van der Waals surface area (Å²) in [6.07, 6.45) is 2.69. The van der Waals surface area contributed by atoms with Gasteiger partial charge in [0, 0.05) is 50.0 Å². The Kier molecular flexibility index (Phi) is 6.88. The zero-order valence-corrected chi connectivity index (χ0v) is 26.1. The molecular formula is C34H47NO8. The number of rotatable bonds is 8. The van der Waals surface area contributed by atoms with E-state index in [0.29, 0.717) is 43.4 Å². The van der Waals surface area contributed by atoms with Gasteiger partial charge in [0.1, 0.15) is 16.8 Å². The lowest BCUT2D eigenvalue weighted by molar-refractivity contribution is -0.335.